The third-order valence-electron chi connectivity index (χ3n) is 2.41. The van der Waals surface area contributed by atoms with Crippen molar-refractivity contribution >= 4 is 45.0 Å². The van der Waals surface area contributed by atoms with Crippen LogP contribution in [0.5, 0.6) is 0 Å². The summed E-state index contributed by atoms with van der Waals surface area (Å²) in [5.41, 5.74) is 1.64. The molecular weight excluding hydrogens is 325 g/mol. The summed E-state index contributed by atoms with van der Waals surface area (Å²) in [5, 5.41) is 0. The molecule has 1 aromatic rings. The molecule has 0 saturated heterocycles. The maximum absolute atomic E-state index is 12.3. The highest BCUT2D eigenvalue weighted by Crippen LogP contribution is 2.17. The van der Waals surface area contributed by atoms with E-state index in [1.54, 1.807) is 4.90 Å². The van der Waals surface area contributed by atoms with Crippen molar-refractivity contribution in [3.8, 4) is 0 Å². The van der Waals surface area contributed by atoms with Gasteiger partial charge in [0.25, 0.3) is 5.91 Å². The highest BCUT2D eigenvalue weighted by molar-refractivity contribution is 9.10. The van der Waals surface area contributed by atoms with Crippen LogP contribution in [0.15, 0.2) is 22.7 Å². The minimum atomic E-state index is -0.0173. The molecule has 0 aliphatic rings. The summed E-state index contributed by atoms with van der Waals surface area (Å²) >= 11 is 14.7. The Morgan fingerprint density at radius 1 is 1.29 bits per heavy atom. The molecule has 1 amide bonds. The Kier molecular flexibility index (Phi) is 6.31. The van der Waals surface area contributed by atoms with Gasteiger partial charge in [0.05, 0.1) is 0 Å². The zero-order valence-corrected chi connectivity index (χ0v) is 12.6. The van der Waals surface area contributed by atoms with Gasteiger partial charge in [0.1, 0.15) is 0 Å². The van der Waals surface area contributed by atoms with Crippen LogP contribution in [-0.2, 0) is 0 Å². The molecular formula is C12H14BrCl2NO. The van der Waals surface area contributed by atoms with Crippen molar-refractivity contribution in [1.82, 2.24) is 4.90 Å². The summed E-state index contributed by atoms with van der Waals surface area (Å²) in [5.74, 6) is 0.812. The SMILES string of the molecule is Cc1cc(Br)ccc1C(=O)N(CCCl)CCCl. The molecule has 2 nitrogen and oxygen atoms in total. The van der Waals surface area contributed by atoms with Gasteiger partial charge in [0, 0.05) is 34.9 Å². The lowest BCUT2D eigenvalue weighted by atomic mass is 10.1. The number of hydrogen-bond acceptors (Lipinski definition) is 1. The quantitative estimate of drug-likeness (QED) is 0.750. The minimum Gasteiger partial charge on any atom is -0.336 e. The highest BCUT2D eigenvalue weighted by atomic mass is 79.9. The molecule has 0 saturated carbocycles. The molecule has 17 heavy (non-hydrogen) atoms. The van der Waals surface area contributed by atoms with Gasteiger partial charge in [0.15, 0.2) is 0 Å². The number of carbonyl (C=O) groups is 1. The Labute approximate surface area is 120 Å². The average molecular weight is 339 g/mol. The summed E-state index contributed by atoms with van der Waals surface area (Å²) < 4.78 is 0.966. The van der Waals surface area contributed by atoms with Crippen molar-refractivity contribution in [2.45, 2.75) is 6.92 Å². The molecule has 0 N–H and O–H groups in total. The van der Waals surface area contributed by atoms with E-state index in [0.29, 0.717) is 30.4 Å². The first-order valence-corrected chi connectivity index (χ1v) is 7.13. The van der Waals surface area contributed by atoms with E-state index < -0.39 is 0 Å². The molecule has 1 aromatic carbocycles. The smallest absolute Gasteiger partial charge is 0.254 e. The lowest BCUT2D eigenvalue weighted by Gasteiger charge is -2.21. The average Bonchev–Trinajstić information content (AvgIpc) is 2.28. The predicted molar refractivity (Wildman–Crippen MR) is 76.2 cm³/mol. The van der Waals surface area contributed by atoms with Gasteiger partial charge in [-0.05, 0) is 30.7 Å². The monoisotopic (exact) mass is 337 g/mol. The van der Waals surface area contributed by atoms with Crippen molar-refractivity contribution in [2.75, 3.05) is 24.8 Å². The van der Waals surface area contributed by atoms with Gasteiger partial charge in [-0.1, -0.05) is 15.9 Å². The Morgan fingerprint density at radius 2 is 1.88 bits per heavy atom. The molecule has 0 fully saturated rings. The highest BCUT2D eigenvalue weighted by Gasteiger charge is 2.16. The third-order valence-corrected chi connectivity index (χ3v) is 3.25. The zero-order valence-electron chi connectivity index (χ0n) is 9.55. The molecule has 94 valence electrons. The van der Waals surface area contributed by atoms with E-state index in [1.165, 1.54) is 0 Å². The number of amides is 1. The molecule has 0 radical (unpaired) electrons. The van der Waals surface area contributed by atoms with Gasteiger partial charge in [-0.15, -0.1) is 23.2 Å². The number of rotatable bonds is 5. The van der Waals surface area contributed by atoms with Crippen LogP contribution in [0.3, 0.4) is 0 Å². The van der Waals surface area contributed by atoms with Crippen LogP contribution >= 0.6 is 39.1 Å². The maximum atomic E-state index is 12.3. The maximum Gasteiger partial charge on any atom is 0.254 e. The Morgan fingerprint density at radius 3 is 2.35 bits per heavy atom. The third kappa shape index (κ3) is 4.16. The summed E-state index contributed by atoms with van der Waals surface area (Å²) in [6.45, 7) is 2.95. The van der Waals surface area contributed by atoms with Gasteiger partial charge in [-0.3, -0.25) is 4.79 Å². The summed E-state index contributed by atoms with van der Waals surface area (Å²) in [6, 6.07) is 5.60. The fourth-order valence-corrected chi connectivity index (χ4v) is 2.44. The second-order valence-electron chi connectivity index (χ2n) is 3.63. The molecule has 0 unspecified atom stereocenters. The summed E-state index contributed by atoms with van der Waals surface area (Å²) in [7, 11) is 0. The number of aryl methyl sites for hydroxylation is 1. The number of nitrogens with zero attached hydrogens (tertiary/aromatic N) is 1. The zero-order chi connectivity index (χ0) is 12.8. The summed E-state index contributed by atoms with van der Waals surface area (Å²) in [6.07, 6.45) is 0. The molecule has 0 bridgehead atoms. The van der Waals surface area contributed by atoms with Crippen LogP contribution in [0, 0.1) is 6.92 Å². The first-order chi connectivity index (χ1) is 8.10. The van der Waals surface area contributed by atoms with Crippen LogP contribution in [0.2, 0.25) is 0 Å². The van der Waals surface area contributed by atoms with E-state index in [0.717, 1.165) is 10.0 Å². The second kappa shape index (κ2) is 7.24. The topological polar surface area (TPSA) is 20.3 Å². The molecule has 5 heteroatoms. The fraction of sp³-hybridized carbons (Fsp3) is 0.417. The minimum absolute atomic E-state index is 0.0173. The molecule has 0 spiro atoms. The van der Waals surface area contributed by atoms with Crippen molar-refractivity contribution in [3.05, 3.63) is 33.8 Å². The van der Waals surface area contributed by atoms with Gasteiger partial charge in [-0.2, -0.15) is 0 Å². The van der Waals surface area contributed by atoms with Crippen molar-refractivity contribution in [1.29, 1.82) is 0 Å². The first-order valence-electron chi connectivity index (χ1n) is 5.27. The van der Waals surface area contributed by atoms with Crippen LogP contribution in [0.4, 0.5) is 0 Å². The lowest BCUT2D eigenvalue weighted by Crippen LogP contribution is -2.34. The summed E-state index contributed by atoms with van der Waals surface area (Å²) in [4.78, 5) is 13.9. The second-order valence-corrected chi connectivity index (χ2v) is 5.30. The Bertz CT molecular complexity index is 392. The Hall–Kier alpha value is -0.250. The van der Waals surface area contributed by atoms with Crippen molar-refractivity contribution in [2.24, 2.45) is 0 Å². The number of benzene rings is 1. The molecule has 1 rings (SSSR count). The van der Waals surface area contributed by atoms with Crippen LogP contribution in [0.1, 0.15) is 15.9 Å². The van der Waals surface area contributed by atoms with Gasteiger partial charge in [-0.25, -0.2) is 0 Å². The predicted octanol–water partition coefficient (Wildman–Crippen LogP) is 3.68. The Balaban J connectivity index is 2.92. The lowest BCUT2D eigenvalue weighted by molar-refractivity contribution is 0.0774. The molecule has 0 heterocycles. The molecule has 0 aromatic heterocycles. The fourth-order valence-electron chi connectivity index (χ4n) is 1.56. The van der Waals surface area contributed by atoms with Crippen LogP contribution in [0.25, 0.3) is 0 Å². The van der Waals surface area contributed by atoms with Crippen LogP contribution < -0.4 is 0 Å². The molecule has 0 atom stereocenters. The van der Waals surface area contributed by atoms with E-state index in [2.05, 4.69) is 15.9 Å². The van der Waals surface area contributed by atoms with E-state index in [-0.39, 0.29) is 5.91 Å². The number of hydrogen-bond donors (Lipinski definition) is 0. The standard InChI is InChI=1S/C12H14BrCl2NO/c1-9-8-10(13)2-3-11(9)12(17)16(6-4-14)7-5-15/h2-3,8H,4-7H2,1H3. The van der Waals surface area contributed by atoms with E-state index >= 15 is 0 Å². The molecule has 0 aliphatic carbocycles. The largest absolute Gasteiger partial charge is 0.336 e. The van der Waals surface area contributed by atoms with Gasteiger partial charge < -0.3 is 4.90 Å². The number of halogens is 3. The van der Waals surface area contributed by atoms with E-state index in [1.807, 2.05) is 25.1 Å². The van der Waals surface area contributed by atoms with E-state index in [9.17, 15) is 4.79 Å². The number of alkyl halides is 2. The normalized spacial score (nSPS) is 10.4. The van der Waals surface area contributed by atoms with Crippen molar-refractivity contribution < 1.29 is 4.79 Å². The van der Waals surface area contributed by atoms with Crippen molar-refractivity contribution in [3.63, 3.8) is 0 Å². The van der Waals surface area contributed by atoms with E-state index in [4.69, 9.17) is 23.2 Å². The van der Waals surface area contributed by atoms with Crippen LogP contribution in [-0.4, -0.2) is 35.7 Å². The van der Waals surface area contributed by atoms with Gasteiger partial charge >= 0.3 is 0 Å². The number of carbonyl (C=O) groups excluding carboxylic acids is 1. The first kappa shape index (κ1) is 14.8. The molecule has 0 aliphatic heterocycles. The van der Waals surface area contributed by atoms with Gasteiger partial charge in [0.2, 0.25) is 0 Å².